The summed E-state index contributed by atoms with van der Waals surface area (Å²) < 4.78 is 19.2. The molecule has 5 heteroatoms. The van der Waals surface area contributed by atoms with Gasteiger partial charge in [-0.2, -0.15) is 0 Å². The van der Waals surface area contributed by atoms with Crippen LogP contribution in [0.5, 0.6) is 5.75 Å². The molecule has 0 aliphatic heterocycles. The first kappa shape index (κ1) is 13.3. The molecule has 1 rings (SSSR count). The van der Waals surface area contributed by atoms with E-state index in [1.165, 1.54) is 12.1 Å². The van der Waals surface area contributed by atoms with Crippen molar-refractivity contribution < 1.29 is 14.3 Å². The second kappa shape index (κ2) is 5.03. The van der Waals surface area contributed by atoms with E-state index in [1.54, 1.807) is 6.07 Å². The van der Waals surface area contributed by atoms with Crippen molar-refractivity contribution in [3.05, 3.63) is 29.6 Å². The second-order valence-electron chi connectivity index (χ2n) is 4.35. The van der Waals surface area contributed by atoms with Crippen molar-refractivity contribution in [2.75, 3.05) is 0 Å². The maximum Gasteiger partial charge on any atom is 0.170 e. The van der Waals surface area contributed by atoms with Gasteiger partial charge >= 0.3 is 0 Å². The highest BCUT2D eigenvalue weighted by Crippen LogP contribution is 2.24. The summed E-state index contributed by atoms with van der Waals surface area (Å²) >= 11 is 0. The summed E-state index contributed by atoms with van der Waals surface area (Å²) in [6, 6.07) is 4.19. The lowest BCUT2D eigenvalue weighted by Crippen LogP contribution is -2.27. The molecule has 0 spiro atoms. The summed E-state index contributed by atoms with van der Waals surface area (Å²) in [5.41, 5.74) is 5.24. The normalized spacial score (nSPS) is 12.6. The van der Waals surface area contributed by atoms with Crippen LogP contribution in [0.3, 0.4) is 0 Å². The Balaban J connectivity index is 2.99. The van der Waals surface area contributed by atoms with Crippen molar-refractivity contribution in [2.24, 2.45) is 10.9 Å². The third-order valence-corrected chi connectivity index (χ3v) is 2.57. The van der Waals surface area contributed by atoms with Crippen LogP contribution in [0.2, 0.25) is 0 Å². The third kappa shape index (κ3) is 3.34. The van der Waals surface area contributed by atoms with Gasteiger partial charge in [0.15, 0.2) is 17.4 Å². The second-order valence-corrected chi connectivity index (χ2v) is 4.35. The van der Waals surface area contributed by atoms with Crippen LogP contribution in [-0.2, 0) is 0 Å². The third-order valence-electron chi connectivity index (χ3n) is 2.57. The standard InChI is InChI=1S/C12H17FN2O2/c1-4-12(2,3)17-10-6-5-8(7-9(10)13)11(14)15-16/h5-7,16H,4H2,1-3H3,(H2,14,15). The summed E-state index contributed by atoms with van der Waals surface area (Å²) in [4.78, 5) is 0. The number of rotatable bonds is 4. The van der Waals surface area contributed by atoms with Gasteiger partial charge in [-0.3, -0.25) is 0 Å². The van der Waals surface area contributed by atoms with Crippen LogP contribution in [0.1, 0.15) is 32.8 Å². The Morgan fingerprint density at radius 2 is 2.18 bits per heavy atom. The summed E-state index contributed by atoms with van der Waals surface area (Å²) in [7, 11) is 0. The molecule has 0 radical (unpaired) electrons. The zero-order valence-electron chi connectivity index (χ0n) is 10.2. The molecular weight excluding hydrogens is 223 g/mol. The van der Waals surface area contributed by atoms with Crippen molar-refractivity contribution >= 4 is 5.84 Å². The first-order valence-electron chi connectivity index (χ1n) is 5.36. The molecule has 1 aromatic carbocycles. The van der Waals surface area contributed by atoms with Crippen LogP contribution in [0, 0.1) is 5.82 Å². The van der Waals surface area contributed by atoms with Crippen LogP contribution < -0.4 is 10.5 Å². The Hall–Kier alpha value is -1.78. The number of nitrogens with zero attached hydrogens (tertiary/aromatic N) is 1. The molecular formula is C12H17FN2O2. The number of halogens is 1. The minimum atomic E-state index is -0.532. The summed E-state index contributed by atoms with van der Waals surface area (Å²) in [6.07, 6.45) is 0.758. The van der Waals surface area contributed by atoms with Crippen molar-refractivity contribution in [2.45, 2.75) is 32.8 Å². The molecule has 0 saturated carbocycles. The Kier molecular flexibility index (Phi) is 3.93. The molecule has 3 N–H and O–H groups in total. The number of nitrogens with two attached hydrogens (primary N) is 1. The van der Waals surface area contributed by atoms with Gasteiger partial charge in [0.1, 0.15) is 5.60 Å². The Labute approximate surface area is 99.9 Å². The van der Waals surface area contributed by atoms with Crippen LogP contribution >= 0.6 is 0 Å². The summed E-state index contributed by atoms with van der Waals surface area (Å²) in [6.45, 7) is 5.72. The topological polar surface area (TPSA) is 67.8 Å². The molecule has 0 saturated heterocycles. The molecule has 0 heterocycles. The molecule has 0 bridgehead atoms. The van der Waals surface area contributed by atoms with Gasteiger partial charge in [0.2, 0.25) is 0 Å². The van der Waals surface area contributed by atoms with Crippen molar-refractivity contribution in [1.29, 1.82) is 0 Å². The predicted octanol–water partition coefficient (Wildman–Crippen LogP) is 2.49. The lowest BCUT2D eigenvalue weighted by Gasteiger charge is -2.25. The van der Waals surface area contributed by atoms with E-state index in [2.05, 4.69) is 5.16 Å². The first-order valence-corrected chi connectivity index (χ1v) is 5.36. The smallest absolute Gasteiger partial charge is 0.170 e. The minimum Gasteiger partial charge on any atom is -0.485 e. The zero-order chi connectivity index (χ0) is 13.1. The van der Waals surface area contributed by atoms with E-state index in [0.29, 0.717) is 5.56 Å². The predicted molar refractivity (Wildman–Crippen MR) is 63.9 cm³/mol. The highest BCUT2D eigenvalue weighted by molar-refractivity contribution is 5.97. The van der Waals surface area contributed by atoms with Crippen molar-refractivity contribution in [3.63, 3.8) is 0 Å². The average Bonchev–Trinajstić information content (AvgIpc) is 2.30. The molecule has 0 fully saturated rings. The van der Waals surface area contributed by atoms with Crippen molar-refractivity contribution in [1.82, 2.24) is 0 Å². The summed E-state index contributed by atoms with van der Waals surface area (Å²) in [5, 5.41) is 11.3. The maximum absolute atomic E-state index is 13.7. The van der Waals surface area contributed by atoms with E-state index in [-0.39, 0.29) is 11.6 Å². The molecule has 0 aliphatic rings. The SMILES string of the molecule is CCC(C)(C)Oc1ccc(/C(N)=N/O)cc1F. The lowest BCUT2D eigenvalue weighted by molar-refractivity contribution is 0.0995. The fourth-order valence-electron chi connectivity index (χ4n) is 1.17. The number of hydrogen-bond donors (Lipinski definition) is 2. The van der Waals surface area contributed by atoms with E-state index >= 15 is 0 Å². The summed E-state index contributed by atoms with van der Waals surface area (Å²) in [5.74, 6) is -0.507. The number of oxime groups is 1. The van der Waals surface area contributed by atoms with Gasteiger partial charge in [-0.05, 0) is 38.5 Å². The Morgan fingerprint density at radius 1 is 1.53 bits per heavy atom. The van der Waals surface area contributed by atoms with E-state index in [9.17, 15) is 4.39 Å². The molecule has 0 unspecified atom stereocenters. The van der Waals surface area contributed by atoms with Crippen LogP contribution in [0.4, 0.5) is 4.39 Å². The van der Waals surface area contributed by atoms with Gasteiger partial charge in [0.05, 0.1) is 0 Å². The zero-order valence-corrected chi connectivity index (χ0v) is 10.2. The fourth-order valence-corrected chi connectivity index (χ4v) is 1.17. The van der Waals surface area contributed by atoms with Gasteiger partial charge in [-0.15, -0.1) is 0 Å². The van der Waals surface area contributed by atoms with Gasteiger partial charge in [-0.1, -0.05) is 12.1 Å². The molecule has 17 heavy (non-hydrogen) atoms. The minimum absolute atomic E-state index is 0.134. The highest BCUT2D eigenvalue weighted by atomic mass is 19.1. The number of benzene rings is 1. The Morgan fingerprint density at radius 3 is 2.65 bits per heavy atom. The van der Waals surface area contributed by atoms with E-state index in [0.717, 1.165) is 6.42 Å². The number of amidine groups is 1. The monoisotopic (exact) mass is 240 g/mol. The van der Waals surface area contributed by atoms with E-state index in [1.807, 2.05) is 20.8 Å². The largest absolute Gasteiger partial charge is 0.485 e. The molecule has 4 nitrogen and oxygen atoms in total. The van der Waals surface area contributed by atoms with Crippen molar-refractivity contribution in [3.8, 4) is 5.75 Å². The van der Waals surface area contributed by atoms with Crippen LogP contribution in [-0.4, -0.2) is 16.6 Å². The van der Waals surface area contributed by atoms with Gasteiger partial charge in [0, 0.05) is 5.56 Å². The van der Waals surface area contributed by atoms with Gasteiger partial charge < -0.3 is 15.7 Å². The van der Waals surface area contributed by atoms with Gasteiger partial charge in [-0.25, -0.2) is 4.39 Å². The maximum atomic E-state index is 13.7. The fraction of sp³-hybridized carbons (Fsp3) is 0.417. The first-order chi connectivity index (χ1) is 7.89. The quantitative estimate of drug-likeness (QED) is 0.368. The molecule has 0 amide bonds. The number of ether oxygens (including phenoxy) is 1. The molecule has 0 atom stereocenters. The van der Waals surface area contributed by atoms with Gasteiger partial charge in [0.25, 0.3) is 0 Å². The molecule has 0 aliphatic carbocycles. The van der Waals surface area contributed by atoms with E-state index in [4.69, 9.17) is 15.7 Å². The van der Waals surface area contributed by atoms with Crippen LogP contribution in [0.25, 0.3) is 0 Å². The average molecular weight is 240 g/mol. The molecule has 94 valence electrons. The molecule has 0 aromatic heterocycles. The molecule has 1 aromatic rings. The highest BCUT2D eigenvalue weighted by Gasteiger charge is 2.19. The lowest BCUT2D eigenvalue weighted by atomic mass is 10.1. The van der Waals surface area contributed by atoms with E-state index < -0.39 is 11.4 Å². The van der Waals surface area contributed by atoms with Crippen LogP contribution in [0.15, 0.2) is 23.4 Å². The number of hydrogen-bond acceptors (Lipinski definition) is 3. The Bertz CT molecular complexity index is 431.